The van der Waals surface area contributed by atoms with Gasteiger partial charge >= 0.3 is 0 Å². The van der Waals surface area contributed by atoms with E-state index in [1.54, 1.807) is 0 Å². The minimum atomic E-state index is 0.727. The molecule has 0 aromatic carbocycles. The SMILES string of the molecule is CNC(=S)NCC1CCOCC1. The summed E-state index contributed by atoms with van der Waals surface area (Å²) < 4.78 is 5.26. The third-order valence-corrected chi connectivity index (χ3v) is 2.47. The third-order valence-electron chi connectivity index (χ3n) is 2.12. The van der Waals surface area contributed by atoms with E-state index in [9.17, 15) is 0 Å². The average Bonchev–Trinajstić information content (AvgIpc) is 2.16. The van der Waals surface area contributed by atoms with Gasteiger partial charge in [0.2, 0.25) is 0 Å². The summed E-state index contributed by atoms with van der Waals surface area (Å²) >= 11 is 4.97. The second-order valence-electron chi connectivity index (χ2n) is 3.02. The zero-order valence-corrected chi connectivity index (χ0v) is 8.25. The minimum Gasteiger partial charge on any atom is -0.381 e. The molecule has 12 heavy (non-hydrogen) atoms. The lowest BCUT2D eigenvalue weighted by Crippen LogP contribution is -2.37. The van der Waals surface area contributed by atoms with Crippen LogP contribution in [0.25, 0.3) is 0 Å². The van der Waals surface area contributed by atoms with Gasteiger partial charge in [0, 0.05) is 26.8 Å². The second kappa shape index (κ2) is 5.32. The van der Waals surface area contributed by atoms with Crippen molar-refractivity contribution in [3.8, 4) is 0 Å². The van der Waals surface area contributed by atoms with E-state index >= 15 is 0 Å². The van der Waals surface area contributed by atoms with E-state index in [1.165, 1.54) is 0 Å². The summed E-state index contributed by atoms with van der Waals surface area (Å²) in [7, 11) is 1.83. The van der Waals surface area contributed by atoms with Crippen LogP contribution in [0.2, 0.25) is 0 Å². The average molecular weight is 188 g/mol. The maximum atomic E-state index is 5.26. The normalized spacial score (nSPS) is 18.8. The van der Waals surface area contributed by atoms with Gasteiger partial charge < -0.3 is 15.4 Å². The highest BCUT2D eigenvalue weighted by atomic mass is 32.1. The quantitative estimate of drug-likeness (QED) is 0.619. The number of ether oxygens (including phenoxy) is 1. The van der Waals surface area contributed by atoms with E-state index in [0.717, 1.165) is 43.6 Å². The summed E-state index contributed by atoms with van der Waals surface area (Å²) in [5.41, 5.74) is 0. The fraction of sp³-hybridized carbons (Fsp3) is 0.875. The molecule has 0 radical (unpaired) electrons. The van der Waals surface area contributed by atoms with Crippen LogP contribution in [-0.2, 0) is 4.74 Å². The lowest BCUT2D eigenvalue weighted by atomic mass is 10.0. The van der Waals surface area contributed by atoms with Crippen molar-refractivity contribution < 1.29 is 4.74 Å². The Kier molecular flexibility index (Phi) is 4.32. The topological polar surface area (TPSA) is 33.3 Å². The molecule has 0 aliphatic carbocycles. The van der Waals surface area contributed by atoms with Gasteiger partial charge in [-0.3, -0.25) is 0 Å². The number of rotatable bonds is 2. The van der Waals surface area contributed by atoms with Gasteiger partial charge in [0.15, 0.2) is 5.11 Å². The largest absolute Gasteiger partial charge is 0.381 e. The van der Waals surface area contributed by atoms with Crippen LogP contribution < -0.4 is 10.6 Å². The monoisotopic (exact) mass is 188 g/mol. The first-order valence-corrected chi connectivity index (χ1v) is 4.77. The molecule has 0 aromatic heterocycles. The number of thiocarbonyl (C=S) groups is 1. The molecule has 1 fully saturated rings. The van der Waals surface area contributed by atoms with Gasteiger partial charge in [-0.1, -0.05) is 0 Å². The highest BCUT2D eigenvalue weighted by Gasteiger charge is 2.13. The first-order chi connectivity index (χ1) is 5.83. The number of nitrogens with one attached hydrogen (secondary N) is 2. The summed E-state index contributed by atoms with van der Waals surface area (Å²) in [5, 5.41) is 6.80. The summed E-state index contributed by atoms with van der Waals surface area (Å²) in [5.74, 6) is 0.727. The van der Waals surface area contributed by atoms with E-state index in [1.807, 2.05) is 7.05 Å². The fourth-order valence-corrected chi connectivity index (χ4v) is 1.36. The van der Waals surface area contributed by atoms with Crippen molar-refractivity contribution in [1.82, 2.24) is 10.6 Å². The van der Waals surface area contributed by atoms with Crippen LogP contribution in [0, 0.1) is 5.92 Å². The van der Waals surface area contributed by atoms with Gasteiger partial charge in [0.25, 0.3) is 0 Å². The number of hydrogen-bond acceptors (Lipinski definition) is 2. The lowest BCUT2D eigenvalue weighted by molar-refractivity contribution is 0.0676. The van der Waals surface area contributed by atoms with E-state index in [0.29, 0.717) is 0 Å². The standard InChI is InChI=1S/C8H16N2OS/c1-9-8(12)10-6-7-2-4-11-5-3-7/h7H,2-6H2,1H3,(H2,9,10,12). The van der Waals surface area contributed by atoms with Crippen molar-refractivity contribution in [3.05, 3.63) is 0 Å². The Morgan fingerprint density at radius 3 is 2.75 bits per heavy atom. The zero-order valence-electron chi connectivity index (χ0n) is 7.43. The molecule has 4 heteroatoms. The maximum Gasteiger partial charge on any atom is 0.166 e. The molecule has 0 bridgehead atoms. The molecule has 0 amide bonds. The van der Waals surface area contributed by atoms with Crippen LogP contribution in [0.4, 0.5) is 0 Å². The van der Waals surface area contributed by atoms with E-state index < -0.39 is 0 Å². The van der Waals surface area contributed by atoms with Crippen LogP contribution in [-0.4, -0.2) is 31.9 Å². The van der Waals surface area contributed by atoms with Crippen molar-refractivity contribution in [3.63, 3.8) is 0 Å². The Morgan fingerprint density at radius 2 is 2.17 bits per heavy atom. The van der Waals surface area contributed by atoms with Crippen LogP contribution in [0.3, 0.4) is 0 Å². The van der Waals surface area contributed by atoms with Crippen molar-refractivity contribution in [2.45, 2.75) is 12.8 Å². The highest BCUT2D eigenvalue weighted by molar-refractivity contribution is 7.80. The Morgan fingerprint density at radius 1 is 1.50 bits per heavy atom. The molecule has 0 spiro atoms. The van der Waals surface area contributed by atoms with Crippen molar-refractivity contribution in [1.29, 1.82) is 0 Å². The van der Waals surface area contributed by atoms with E-state index in [2.05, 4.69) is 10.6 Å². The molecule has 3 nitrogen and oxygen atoms in total. The first kappa shape index (κ1) is 9.74. The van der Waals surface area contributed by atoms with Crippen LogP contribution in [0.1, 0.15) is 12.8 Å². The van der Waals surface area contributed by atoms with Gasteiger partial charge in [0.1, 0.15) is 0 Å². The molecule has 0 aromatic rings. The van der Waals surface area contributed by atoms with Gasteiger partial charge in [0.05, 0.1) is 0 Å². The smallest absolute Gasteiger partial charge is 0.166 e. The van der Waals surface area contributed by atoms with Crippen molar-refractivity contribution in [2.24, 2.45) is 5.92 Å². The van der Waals surface area contributed by atoms with Gasteiger partial charge in [-0.15, -0.1) is 0 Å². The van der Waals surface area contributed by atoms with E-state index in [4.69, 9.17) is 17.0 Å². The molecule has 2 N–H and O–H groups in total. The first-order valence-electron chi connectivity index (χ1n) is 4.36. The molecular weight excluding hydrogens is 172 g/mol. The van der Waals surface area contributed by atoms with Crippen molar-refractivity contribution in [2.75, 3.05) is 26.8 Å². The molecule has 0 saturated carbocycles. The minimum absolute atomic E-state index is 0.727. The highest BCUT2D eigenvalue weighted by Crippen LogP contribution is 2.12. The maximum absolute atomic E-state index is 5.26. The zero-order chi connectivity index (χ0) is 8.81. The molecule has 1 aliphatic rings. The summed E-state index contributed by atoms with van der Waals surface area (Å²) in [4.78, 5) is 0. The Bertz CT molecular complexity index is 146. The number of hydrogen-bond donors (Lipinski definition) is 2. The van der Waals surface area contributed by atoms with Crippen LogP contribution >= 0.6 is 12.2 Å². The van der Waals surface area contributed by atoms with Gasteiger partial charge in [-0.05, 0) is 31.0 Å². The fourth-order valence-electron chi connectivity index (χ4n) is 1.28. The summed E-state index contributed by atoms with van der Waals surface area (Å²) in [6.07, 6.45) is 2.30. The summed E-state index contributed by atoms with van der Waals surface area (Å²) in [6, 6.07) is 0. The second-order valence-corrected chi connectivity index (χ2v) is 3.42. The molecule has 1 rings (SSSR count). The Labute approximate surface area is 78.9 Å². The van der Waals surface area contributed by atoms with E-state index in [-0.39, 0.29) is 0 Å². The molecule has 0 atom stereocenters. The molecule has 1 aliphatic heterocycles. The Balaban J connectivity index is 2.09. The molecule has 0 unspecified atom stereocenters. The van der Waals surface area contributed by atoms with Crippen LogP contribution in [0.5, 0.6) is 0 Å². The Hall–Kier alpha value is -0.350. The summed E-state index contributed by atoms with van der Waals surface area (Å²) in [6.45, 7) is 2.78. The van der Waals surface area contributed by atoms with Crippen molar-refractivity contribution >= 4 is 17.3 Å². The predicted octanol–water partition coefficient (Wildman–Crippen LogP) is 0.507. The predicted molar refractivity (Wildman–Crippen MR) is 53.2 cm³/mol. The van der Waals surface area contributed by atoms with Gasteiger partial charge in [-0.2, -0.15) is 0 Å². The lowest BCUT2D eigenvalue weighted by Gasteiger charge is -2.22. The molecular formula is C8H16N2OS. The molecule has 1 heterocycles. The molecule has 70 valence electrons. The molecule has 1 saturated heterocycles. The third kappa shape index (κ3) is 3.36. The van der Waals surface area contributed by atoms with Gasteiger partial charge in [-0.25, -0.2) is 0 Å². The van der Waals surface area contributed by atoms with Crippen LogP contribution in [0.15, 0.2) is 0 Å².